The first kappa shape index (κ1) is 10.8. The van der Waals surface area contributed by atoms with E-state index in [2.05, 4.69) is 19.9 Å². The van der Waals surface area contributed by atoms with Gasteiger partial charge in [0.25, 0.3) is 0 Å². The minimum Gasteiger partial charge on any atom is -0.469 e. The molecule has 0 saturated carbocycles. The van der Waals surface area contributed by atoms with Crippen LogP contribution in [-0.4, -0.2) is 34.0 Å². The number of nitrogens with one attached hydrogen (secondary N) is 1. The van der Waals surface area contributed by atoms with Crippen molar-refractivity contribution >= 4 is 23.7 Å². The Bertz CT molecular complexity index is 314. The van der Waals surface area contributed by atoms with Crippen molar-refractivity contribution in [3.8, 4) is 0 Å². The number of hydrogen-bond acceptors (Lipinski definition) is 6. The Kier molecular flexibility index (Phi) is 3.75. The Balaban J connectivity index is 2.37. The van der Waals surface area contributed by atoms with Crippen LogP contribution in [0.5, 0.6) is 0 Å². The summed E-state index contributed by atoms with van der Waals surface area (Å²) >= 11 is 1.36. The van der Waals surface area contributed by atoms with E-state index in [1.807, 2.05) is 0 Å². The van der Waals surface area contributed by atoms with Crippen LogP contribution in [0.3, 0.4) is 0 Å². The first-order valence-electron chi connectivity index (χ1n) is 4.02. The highest BCUT2D eigenvalue weighted by atomic mass is 32.2. The van der Waals surface area contributed by atoms with E-state index in [0.29, 0.717) is 10.9 Å². The number of nitrogen functional groups attached to an aromatic ring is 1. The minimum atomic E-state index is -0.235. The largest absolute Gasteiger partial charge is 0.469 e. The van der Waals surface area contributed by atoms with Crippen LogP contribution in [0, 0.1) is 5.92 Å². The van der Waals surface area contributed by atoms with Gasteiger partial charge in [0.15, 0.2) is 0 Å². The highest BCUT2D eigenvalue weighted by Crippen LogP contribution is 2.17. The Morgan fingerprint density at radius 2 is 2.50 bits per heavy atom. The Labute approximate surface area is 85.6 Å². The molecular formula is C7H12N4O2S. The van der Waals surface area contributed by atoms with Crippen LogP contribution in [0.4, 0.5) is 5.95 Å². The number of anilines is 1. The fourth-order valence-corrected chi connectivity index (χ4v) is 1.60. The second-order valence-corrected chi connectivity index (χ2v) is 3.73. The Morgan fingerprint density at radius 3 is 3.00 bits per heavy atom. The van der Waals surface area contributed by atoms with Gasteiger partial charge in [0, 0.05) is 5.75 Å². The number of rotatable bonds is 4. The zero-order valence-electron chi connectivity index (χ0n) is 7.98. The lowest BCUT2D eigenvalue weighted by Crippen LogP contribution is -2.14. The molecule has 78 valence electrons. The predicted octanol–water partition coefficient (Wildman–Crippen LogP) is 0.288. The Morgan fingerprint density at radius 1 is 1.79 bits per heavy atom. The van der Waals surface area contributed by atoms with Gasteiger partial charge >= 0.3 is 5.97 Å². The third kappa shape index (κ3) is 2.91. The zero-order valence-corrected chi connectivity index (χ0v) is 8.80. The van der Waals surface area contributed by atoms with Gasteiger partial charge in [0.05, 0.1) is 13.0 Å². The number of H-pyrrole nitrogens is 1. The van der Waals surface area contributed by atoms with Crippen molar-refractivity contribution in [2.75, 3.05) is 18.6 Å². The number of thioether (sulfide) groups is 1. The molecule has 1 rings (SSSR count). The van der Waals surface area contributed by atoms with Crippen molar-refractivity contribution in [2.45, 2.75) is 12.1 Å². The Hall–Kier alpha value is -1.24. The van der Waals surface area contributed by atoms with E-state index in [1.165, 1.54) is 18.9 Å². The van der Waals surface area contributed by atoms with Crippen LogP contribution in [0.25, 0.3) is 0 Å². The summed E-state index contributed by atoms with van der Waals surface area (Å²) in [6.45, 7) is 1.79. The molecule has 0 aliphatic heterocycles. The third-order valence-corrected chi connectivity index (χ3v) is 2.66. The summed E-state index contributed by atoms with van der Waals surface area (Å²) in [5.41, 5.74) is 5.34. The van der Waals surface area contributed by atoms with Crippen LogP contribution >= 0.6 is 11.8 Å². The number of ether oxygens (including phenoxy) is 1. The average molecular weight is 216 g/mol. The van der Waals surface area contributed by atoms with Gasteiger partial charge < -0.3 is 10.5 Å². The molecule has 6 nitrogen and oxygen atoms in total. The molecule has 1 aromatic rings. The highest BCUT2D eigenvalue weighted by Gasteiger charge is 2.14. The molecule has 7 heteroatoms. The monoisotopic (exact) mass is 216 g/mol. The van der Waals surface area contributed by atoms with Crippen LogP contribution in [0.2, 0.25) is 0 Å². The van der Waals surface area contributed by atoms with Gasteiger partial charge in [-0.2, -0.15) is 4.98 Å². The van der Waals surface area contributed by atoms with E-state index in [1.54, 1.807) is 6.92 Å². The van der Waals surface area contributed by atoms with Crippen molar-refractivity contribution in [3.05, 3.63) is 0 Å². The maximum absolute atomic E-state index is 11.0. The standard InChI is InChI=1S/C7H12N4O2S/c1-4(5(12)13-2)3-14-7-9-6(8)10-11-7/h4H,3H2,1-2H3,(H3,8,9,10,11). The fraction of sp³-hybridized carbons (Fsp3) is 0.571. The summed E-state index contributed by atoms with van der Waals surface area (Å²) in [6, 6.07) is 0. The summed E-state index contributed by atoms with van der Waals surface area (Å²) in [6.07, 6.45) is 0. The topological polar surface area (TPSA) is 93.9 Å². The van der Waals surface area contributed by atoms with Crippen molar-refractivity contribution in [1.29, 1.82) is 0 Å². The molecule has 0 fully saturated rings. The van der Waals surface area contributed by atoms with Crippen LogP contribution in [0.1, 0.15) is 6.92 Å². The second kappa shape index (κ2) is 4.85. The number of hydrogen-bond donors (Lipinski definition) is 2. The van der Waals surface area contributed by atoms with E-state index >= 15 is 0 Å². The second-order valence-electron chi connectivity index (χ2n) is 2.74. The number of aromatic nitrogens is 3. The molecule has 0 aliphatic carbocycles. The van der Waals surface area contributed by atoms with Gasteiger partial charge in [0.2, 0.25) is 11.1 Å². The number of nitrogens with zero attached hydrogens (tertiary/aromatic N) is 2. The van der Waals surface area contributed by atoms with Crippen molar-refractivity contribution in [2.24, 2.45) is 5.92 Å². The molecule has 3 N–H and O–H groups in total. The molecule has 1 heterocycles. The van der Waals surface area contributed by atoms with Gasteiger partial charge in [-0.05, 0) is 0 Å². The highest BCUT2D eigenvalue weighted by molar-refractivity contribution is 7.99. The molecule has 0 amide bonds. The maximum atomic E-state index is 11.0. The quantitative estimate of drug-likeness (QED) is 0.555. The lowest BCUT2D eigenvalue weighted by molar-refractivity contribution is -0.143. The number of carbonyl (C=O) groups excluding carboxylic acids is 1. The lowest BCUT2D eigenvalue weighted by atomic mass is 10.2. The number of carbonyl (C=O) groups is 1. The van der Waals surface area contributed by atoms with E-state index in [0.717, 1.165) is 0 Å². The first-order chi connectivity index (χ1) is 6.63. The predicted molar refractivity (Wildman–Crippen MR) is 52.7 cm³/mol. The van der Waals surface area contributed by atoms with E-state index in [9.17, 15) is 4.79 Å². The first-order valence-corrected chi connectivity index (χ1v) is 5.00. The SMILES string of the molecule is COC(=O)C(C)CSc1n[nH]c(N)n1. The fourth-order valence-electron chi connectivity index (χ4n) is 0.791. The average Bonchev–Trinajstić information content (AvgIpc) is 2.59. The van der Waals surface area contributed by atoms with Gasteiger partial charge in [-0.3, -0.25) is 4.79 Å². The summed E-state index contributed by atoms with van der Waals surface area (Å²) < 4.78 is 4.58. The molecule has 1 aromatic heterocycles. The number of esters is 1. The van der Waals surface area contributed by atoms with Crippen LogP contribution < -0.4 is 5.73 Å². The van der Waals surface area contributed by atoms with Crippen molar-refractivity contribution in [3.63, 3.8) is 0 Å². The third-order valence-electron chi connectivity index (χ3n) is 1.55. The molecule has 1 atom stereocenters. The van der Waals surface area contributed by atoms with Gasteiger partial charge in [-0.25, -0.2) is 5.10 Å². The summed E-state index contributed by atoms with van der Waals surface area (Å²) in [5.74, 6) is 0.438. The van der Waals surface area contributed by atoms with Crippen molar-refractivity contribution in [1.82, 2.24) is 15.2 Å². The zero-order chi connectivity index (χ0) is 10.6. The molecule has 14 heavy (non-hydrogen) atoms. The van der Waals surface area contributed by atoms with Gasteiger partial charge in [0.1, 0.15) is 0 Å². The smallest absolute Gasteiger partial charge is 0.309 e. The van der Waals surface area contributed by atoms with Crippen molar-refractivity contribution < 1.29 is 9.53 Å². The van der Waals surface area contributed by atoms with Crippen LogP contribution in [0.15, 0.2) is 5.16 Å². The molecule has 0 bridgehead atoms. The molecule has 0 aliphatic rings. The summed E-state index contributed by atoms with van der Waals surface area (Å²) in [4.78, 5) is 14.9. The molecular weight excluding hydrogens is 204 g/mol. The molecule has 0 radical (unpaired) electrons. The minimum absolute atomic E-state index is 0.176. The normalized spacial score (nSPS) is 12.4. The summed E-state index contributed by atoms with van der Waals surface area (Å²) in [5, 5.41) is 6.88. The van der Waals surface area contributed by atoms with E-state index < -0.39 is 0 Å². The number of aromatic amines is 1. The van der Waals surface area contributed by atoms with E-state index in [-0.39, 0.29) is 17.8 Å². The molecule has 0 aromatic carbocycles. The van der Waals surface area contributed by atoms with Gasteiger partial charge in [-0.15, -0.1) is 5.10 Å². The number of methoxy groups -OCH3 is 1. The van der Waals surface area contributed by atoms with E-state index in [4.69, 9.17) is 5.73 Å². The molecule has 0 spiro atoms. The summed E-state index contributed by atoms with van der Waals surface area (Å²) in [7, 11) is 1.37. The molecule has 0 saturated heterocycles. The maximum Gasteiger partial charge on any atom is 0.309 e. The van der Waals surface area contributed by atoms with Gasteiger partial charge in [-0.1, -0.05) is 18.7 Å². The molecule has 1 unspecified atom stereocenters. The number of nitrogens with two attached hydrogens (primary N) is 1. The van der Waals surface area contributed by atoms with Crippen LogP contribution in [-0.2, 0) is 9.53 Å². The lowest BCUT2D eigenvalue weighted by Gasteiger charge is -2.05.